The van der Waals surface area contributed by atoms with Crippen LogP contribution in [0.15, 0.2) is 6.07 Å². The third-order valence-corrected chi connectivity index (χ3v) is 4.71. The Hall–Kier alpha value is -1.16. The fourth-order valence-corrected chi connectivity index (χ4v) is 3.59. The van der Waals surface area contributed by atoms with E-state index in [9.17, 15) is 0 Å². The Bertz CT molecular complexity index is 555. The maximum atomic E-state index is 4.69. The molecule has 3 nitrogen and oxygen atoms in total. The average Bonchev–Trinajstić information content (AvgIpc) is 2.81. The van der Waals surface area contributed by atoms with Gasteiger partial charge in [0, 0.05) is 18.0 Å². The summed E-state index contributed by atoms with van der Waals surface area (Å²) in [6.45, 7) is 6.48. The Balaban J connectivity index is 2.10. The highest BCUT2D eigenvalue weighted by Gasteiger charge is 2.17. The van der Waals surface area contributed by atoms with Crippen molar-refractivity contribution in [1.82, 2.24) is 9.97 Å². The summed E-state index contributed by atoms with van der Waals surface area (Å²) in [7, 11) is 0. The summed E-state index contributed by atoms with van der Waals surface area (Å²) in [5.74, 6) is 2.06. The molecule has 0 amide bonds. The van der Waals surface area contributed by atoms with Gasteiger partial charge in [-0.2, -0.15) is 0 Å². The molecule has 1 aliphatic heterocycles. The Morgan fingerprint density at radius 1 is 1.22 bits per heavy atom. The van der Waals surface area contributed by atoms with Gasteiger partial charge in [0.2, 0.25) is 0 Å². The van der Waals surface area contributed by atoms with E-state index in [4.69, 9.17) is 4.98 Å². The van der Waals surface area contributed by atoms with E-state index in [0.29, 0.717) is 0 Å². The number of nitrogens with zero attached hydrogens (tertiary/aromatic N) is 3. The predicted molar refractivity (Wildman–Crippen MR) is 77.6 cm³/mol. The third-order valence-electron chi connectivity index (χ3n) is 3.54. The van der Waals surface area contributed by atoms with Crippen LogP contribution in [0, 0.1) is 6.92 Å². The zero-order valence-electron chi connectivity index (χ0n) is 11.1. The number of aromatic nitrogens is 2. The molecule has 2 aromatic rings. The largest absolute Gasteiger partial charge is 0.356 e. The molecule has 0 atom stereocenters. The van der Waals surface area contributed by atoms with Crippen molar-refractivity contribution in [2.24, 2.45) is 0 Å². The first-order valence-corrected chi connectivity index (χ1v) is 7.61. The molecule has 0 N–H and O–H groups in total. The SMILES string of the molecule is CCc1cc2c(N3CCCCC3)nc(C)nc2s1. The van der Waals surface area contributed by atoms with Gasteiger partial charge in [-0.15, -0.1) is 11.3 Å². The minimum absolute atomic E-state index is 0.896. The number of aryl methyl sites for hydroxylation is 2. The smallest absolute Gasteiger partial charge is 0.141 e. The molecule has 1 saturated heterocycles. The zero-order valence-corrected chi connectivity index (χ0v) is 11.9. The summed E-state index contributed by atoms with van der Waals surface area (Å²) in [6.07, 6.45) is 5.01. The molecule has 3 rings (SSSR count). The lowest BCUT2D eigenvalue weighted by Gasteiger charge is -2.28. The number of fused-ring (bicyclic) bond motifs is 1. The van der Waals surface area contributed by atoms with Gasteiger partial charge < -0.3 is 4.90 Å². The molecule has 1 fully saturated rings. The molecule has 0 bridgehead atoms. The second-order valence-corrected chi connectivity index (χ2v) is 6.04. The van der Waals surface area contributed by atoms with Crippen LogP contribution < -0.4 is 4.90 Å². The summed E-state index contributed by atoms with van der Waals surface area (Å²) in [5, 5.41) is 1.25. The van der Waals surface area contributed by atoms with E-state index in [2.05, 4.69) is 22.9 Å². The summed E-state index contributed by atoms with van der Waals surface area (Å²) in [4.78, 5) is 14.3. The van der Waals surface area contributed by atoms with Crippen LogP contribution in [-0.4, -0.2) is 23.1 Å². The van der Waals surface area contributed by atoms with E-state index in [1.54, 1.807) is 0 Å². The lowest BCUT2D eigenvalue weighted by atomic mass is 10.1. The normalized spacial score (nSPS) is 16.4. The number of anilines is 1. The molecule has 3 heterocycles. The Labute approximate surface area is 112 Å². The number of hydrogen-bond donors (Lipinski definition) is 0. The molecule has 4 heteroatoms. The molecule has 0 radical (unpaired) electrons. The van der Waals surface area contributed by atoms with Crippen LogP contribution in [0.4, 0.5) is 5.82 Å². The molecule has 0 spiro atoms. The number of thiophene rings is 1. The fraction of sp³-hybridized carbons (Fsp3) is 0.571. The zero-order chi connectivity index (χ0) is 12.5. The van der Waals surface area contributed by atoms with Gasteiger partial charge in [0.05, 0.1) is 5.39 Å². The van der Waals surface area contributed by atoms with Gasteiger partial charge in [-0.25, -0.2) is 9.97 Å². The van der Waals surface area contributed by atoms with Crippen molar-refractivity contribution >= 4 is 27.4 Å². The van der Waals surface area contributed by atoms with Crippen molar-refractivity contribution in [1.29, 1.82) is 0 Å². The Kier molecular flexibility index (Phi) is 3.20. The van der Waals surface area contributed by atoms with E-state index in [0.717, 1.165) is 36.0 Å². The van der Waals surface area contributed by atoms with Crippen LogP contribution in [0.1, 0.15) is 36.9 Å². The maximum absolute atomic E-state index is 4.69. The van der Waals surface area contributed by atoms with E-state index in [1.165, 1.54) is 29.5 Å². The first-order valence-electron chi connectivity index (χ1n) is 6.80. The van der Waals surface area contributed by atoms with Crippen molar-refractivity contribution in [3.63, 3.8) is 0 Å². The summed E-state index contributed by atoms with van der Waals surface area (Å²) in [5.41, 5.74) is 0. The number of hydrogen-bond acceptors (Lipinski definition) is 4. The standard InChI is InChI=1S/C14H19N3S/c1-3-11-9-12-13(17-7-5-4-6-8-17)15-10(2)16-14(12)18-11/h9H,3-8H2,1-2H3. The first-order chi connectivity index (χ1) is 8.78. The maximum Gasteiger partial charge on any atom is 0.141 e. The van der Waals surface area contributed by atoms with Crippen LogP contribution in [0.2, 0.25) is 0 Å². The Morgan fingerprint density at radius 3 is 2.72 bits per heavy atom. The van der Waals surface area contributed by atoms with Gasteiger partial charge in [0.25, 0.3) is 0 Å². The molecule has 1 aliphatic rings. The molecule has 0 aliphatic carbocycles. The first kappa shape index (κ1) is 11.9. The van der Waals surface area contributed by atoms with Crippen molar-refractivity contribution in [3.8, 4) is 0 Å². The minimum Gasteiger partial charge on any atom is -0.356 e. The summed E-state index contributed by atoms with van der Waals surface area (Å²) in [6, 6.07) is 2.28. The van der Waals surface area contributed by atoms with Crippen LogP contribution in [-0.2, 0) is 6.42 Å². The lowest BCUT2D eigenvalue weighted by molar-refractivity contribution is 0.574. The second-order valence-electron chi connectivity index (χ2n) is 4.93. The van der Waals surface area contributed by atoms with E-state index in [-0.39, 0.29) is 0 Å². The van der Waals surface area contributed by atoms with Crippen LogP contribution in [0.5, 0.6) is 0 Å². The van der Waals surface area contributed by atoms with E-state index in [1.807, 2.05) is 18.3 Å². The van der Waals surface area contributed by atoms with Gasteiger partial charge in [-0.3, -0.25) is 0 Å². The highest BCUT2D eigenvalue weighted by molar-refractivity contribution is 7.18. The lowest BCUT2D eigenvalue weighted by Crippen LogP contribution is -2.30. The topological polar surface area (TPSA) is 29.0 Å². The molecule has 0 aromatic carbocycles. The molecule has 0 unspecified atom stereocenters. The van der Waals surface area contributed by atoms with E-state index < -0.39 is 0 Å². The average molecular weight is 261 g/mol. The summed E-state index contributed by atoms with van der Waals surface area (Å²) >= 11 is 1.81. The van der Waals surface area contributed by atoms with Crippen molar-refractivity contribution in [2.75, 3.05) is 18.0 Å². The molecule has 96 valence electrons. The summed E-state index contributed by atoms with van der Waals surface area (Å²) < 4.78 is 0. The van der Waals surface area contributed by atoms with Gasteiger partial charge in [-0.05, 0) is 38.7 Å². The third kappa shape index (κ3) is 2.09. The van der Waals surface area contributed by atoms with Gasteiger partial charge in [0.15, 0.2) is 0 Å². The molecular weight excluding hydrogens is 242 g/mol. The molecule has 0 saturated carbocycles. The fourth-order valence-electron chi connectivity index (χ4n) is 2.58. The van der Waals surface area contributed by atoms with Gasteiger partial charge >= 0.3 is 0 Å². The molecule has 18 heavy (non-hydrogen) atoms. The van der Waals surface area contributed by atoms with Crippen LogP contribution in [0.25, 0.3) is 10.2 Å². The quantitative estimate of drug-likeness (QED) is 0.828. The number of piperidine rings is 1. The predicted octanol–water partition coefficient (Wildman–Crippen LogP) is 3.55. The van der Waals surface area contributed by atoms with Crippen molar-refractivity contribution in [3.05, 3.63) is 16.8 Å². The highest BCUT2D eigenvalue weighted by Crippen LogP contribution is 2.32. The van der Waals surface area contributed by atoms with Crippen LogP contribution in [0.3, 0.4) is 0 Å². The Morgan fingerprint density at radius 2 is 2.00 bits per heavy atom. The van der Waals surface area contributed by atoms with Gasteiger partial charge in [-0.1, -0.05) is 6.92 Å². The highest BCUT2D eigenvalue weighted by atomic mass is 32.1. The van der Waals surface area contributed by atoms with Crippen molar-refractivity contribution in [2.45, 2.75) is 39.5 Å². The molecule has 2 aromatic heterocycles. The van der Waals surface area contributed by atoms with Crippen molar-refractivity contribution < 1.29 is 0 Å². The van der Waals surface area contributed by atoms with Gasteiger partial charge in [0.1, 0.15) is 16.5 Å². The second kappa shape index (κ2) is 4.84. The van der Waals surface area contributed by atoms with Crippen LogP contribution >= 0.6 is 11.3 Å². The minimum atomic E-state index is 0.896. The van der Waals surface area contributed by atoms with E-state index >= 15 is 0 Å². The monoisotopic (exact) mass is 261 g/mol. The molecular formula is C14H19N3S. The number of rotatable bonds is 2.